The van der Waals surface area contributed by atoms with E-state index >= 15 is 0 Å². The molecule has 7 heteroatoms. The van der Waals surface area contributed by atoms with E-state index in [0.29, 0.717) is 29.5 Å². The quantitative estimate of drug-likeness (QED) is 0.397. The Morgan fingerprint density at radius 3 is 2.40 bits per heavy atom. The van der Waals surface area contributed by atoms with Crippen molar-refractivity contribution in [1.29, 1.82) is 0 Å². The summed E-state index contributed by atoms with van der Waals surface area (Å²) in [6, 6.07) is 21.0. The number of carbonyl (C=O) groups is 1. The molecular weight excluding hydrogens is 378 g/mol. The Kier molecular flexibility index (Phi) is 5.43. The molecule has 1 aromatic heterocycles. The maximum absolute atomic E-state index is 11.8. The highest BCUT2D eigenvalue weighted by Crippen LogP contribution is 2.31. The lowest BCUT2D eigenvalue weighted by atomic mass is 10.1. The van der Waals surface area contributed by atoms with Gasteiger partial charge in [0.1, 0.15) is 12.0 Å². The van der Waals surface area contributed by atoms with E-state index in [1.165, 1.54) is 6.33 Å². The number of rotatable bonds is 6. The smallest absolute Gasteiger partial charge is 0.338 e. The second kappa shape index (κ2) is 8.48. The summed E-state index contributed by atoms with van der Waals surface area (Å²) in [6.45, 7) is 2.11. The summed E-state index contributed by atoms with van der Waals surface area (Å²) < 4.78 is 5.00. The van der Waals surface area contributed by atoms with Crippen LogP contribution in [-0.2, 0) is 4.74 Å². The number of aromatic nitrogens is 2. The summed E-state index contributed by atoms with van der Waals surface area (Å²) in [5.74, 6) is 0.621. The van der Waals surface area contributed by atoms with Gasteiger partial charge in [0.15, 0.2) is 11.6 Å². The molecule has 0 spiro atoms. The van der Waals surface area contributed by atoms with Gasteiger partial charge in [-0.2, -0.15) is 0 Å². The molecule has 0 aliphatic rings. The Morgan fingerprint density at radius 2 is 1.63 bits per heavy atom. The third kappa shape index (κ3) is 4.00. The van der Waals surface area contributed by atoms with Crippen LogP contribution in [0.2, 0.25) is 0 Å². The number of nitrogens with two attached hydrogens (primary N) is 1. The Balaban J connectivity index is 1.57. The molecule has 1 heterocycles. The molecule has 0 aliphatic carbocycles. The molecule has 30 heavy (non-hydrogen) atoms. The molecule has 7 nitrogen and oxygen atoms in total. The highest BCUT2D eigenvalue weighted by molar-refractivity contribution is 5.96. The minimum absolute atomic E-state index is 0.336. The summed E-state index contributed by atoms with van der Waals surface area (Å²) in [6.07, 6.45) is 1.44. The van der Waals surface area contributed by atoms with Crippen LogP contribution < -0.4 is 16.4 Å². The van der Waals surface area contributed by atoms with Crippen LogP contribution in [0.1, 0.15) is 17.3 Å². The molecule has 150 valence electrons. The number of hydrogen-bond acceptors (Lipinski definition) is 7. The number of ether oxygens (including phenoxy) is 1. The van der Waals surface area contributed by atoms with Crippen LogP contribution in [0.3, 0.4) is 0 Å². The highest BCUT2D eigenvalue weighted by Gasteiger charge is 2.11. The number of hydrogen-bond donors (Lipinski definition) is 3. The summed E-state index contributed by atoms with van der Waals surface area (Å²) in [5.41, 5.74) is 8.83. The maximum atomic E-state index is 11.8. The minimum Gasteiger partial charge on any atom is -0.462 e. The van der Waals surface area contributed by atoms with Crippen molar-refractivity contribution in [3.05, 3.63) is 78.6 Å². The first-order valence-electron chi connectivity index (χ1n) is 9.55. The third-order valence-corrected chi connectivity index (χ3v) is 4.59. The van der Waals surface area contributed by atoms with Gasteiger partial charge < -0.3 is 21.1 Å². The lowest BCUT2D eigenvalue weighted by molar-refractivity contribution is 0.0526. The van der Waals surface area contributed by atoms with Gasteiger partial charge in [0.05, 0.1) is 12.2 Å². The first-order chi connectivity index (χ1) is 14.7. The Morgan fingerprint density at radius 1 is 0.933 bits per heavy atom. The van der Waals surface area contributed by atoms with Gasteiger partial charge in [0.2, 0.25) is 0 Å². The predicted molar refractivity (Wildman–Crippen MR) is 119 cm³/mol. The van der Waals surface area contributed by atoms with E-state index in [1.807, 2.05) is 30.3 Å². The van der Waals surface area contributed by atoms with Gasteiger partial charge in [-0.25, -0.2) is 14.8 Å². The molecule has 0 aliphatic heterocycles. The topological polar surface area (TPSA) is 102 Å². The van der Waals surface area contributed by atoms with Crippen molar-refractivity contribution in [3.8, 4) is 0 Å². The largest absolute Gasteiger partial charge is 0.462 e. The van der Waals surface area contributed by atoms with Crippen molar-refractivity contribution in [3.63, 3.8) is 0 Å². The number of carbonyl (C=O) groups excluding carboxylic acids is 1. The van der Waals surface area contributed by atoms with Gasteiger partial charge in [-0.3, -0.25) is 0 Å². The monoisotopic (exact) mass is 399 g/mol. The summed E-state index contributed by atoms with van der Waals surface area (Å²) in [7, 11) is 0. The van der Waals surface area contributed by atoms with Crippen molar-refractivity contribution >= 4 is 45.4 Å². The van der Waals surface area contributed by atoms with Crippen molar-refractivity contribution < 1.29 is 9.53 Å². The number of esters is 1. The molecule has 4 rings (SSSR count). The maximum Gasteiger partial charge on any atom is 0.338 e. The summed E-state index contributed by atoms with van der Waals surface area (Å²) >= 11 is 0. The molecule has 0 saturated heterocycles. The Labute approximate surface area is 173 Å². The van der Waals surface area contributed by atoms with E-state index in [9.17, 15) is 4.79 Å². The first kappa shape index (κ1) is 19.2. The van der Waals surface area contributed by atoms with E-state index in [-0.39, 0.29) is 5.97 Å². The lowest BCUT2D eigenvalue weighted by Crippen LogP contribution is -2.06. The lowest BCUT2D eigenvalue weighted by Gasteiger charge is -2.14. The van der Waals surface area contributed by atoms with Crippen LogP contribution >= 0.6 is 0 Å². The number of fused-ring (bicyclic) bond motifs is 1. The van der Waals surface area contributed by atoms with Gasteiger partial charge in [0, 0.05) is 16.8 Å². The van der Waals surface area contributed by atoms with Crippen molar-refractivity contribution in [2.75, 3.05) is 23.0 Å². The standard InChI is InChI=1S/C23H21N5O2/c1-2-30-23(29)16-10-12-17(13-11-16)27-21-20(24)22(26-14-25-21)28-19-9-5-7-15-6-3-4-8-18(15)19/h3-14H,2,24H2,1H3,(H2,25,26,27,28). The highest BCUT2D eigenvalue weighted by atomic mass is 16.5. The van der Waals surface area contributed by atoms with Crippen LogP contribution in [0.5, 0.6) is 0 Å². The van der Waals surface area contributed by atoms with Crippen LogP contribution in [0.15, 0.2) is 73.1 Å². The SMILES string of the molecule is CCOC(=O)c1ccc(Nc2ncnc(Nc3cccc4ccccc34)c2N)cc1. The second-order valence-electron chi connectivity index (χ2n) is 6.56. The Hall–Kier alpha value is -4.13. The van der Waals surface area contributed by atoms with E-state index in [1.54, 1.807) is 31.2 Å². The van der Waals surface area contributed by atoms with Gasteiger partial charge >= 0.3 is 5.97 Å². The van der Waals surface area contributed by atoms with Crippen molar-refractivity contribution in [1.82, 2.24) is 9.97 Å². The molecular formula is C23H21N5O2. The molecule has 0 amide bonds. The zero-order valence-electron chi connectivity index (χ0n) is 16.4. The van der Waals surface area contributed by atoms with E-state index in [4.69, 9.17) is 10.5 Å². The molecule has 4 N–H and O–H groups in total. The zero-order chi connectivity index (χ0) is 20.9. The number of anilines is 5. The fourth-order valence-corrected chi connectivity index (χ4v) is 3.10. The average Bonchev–Trinajstić information content (AvgIpc) is 2.77. The summed E-state index contributed by atoms with van der Waals surface area (Å²) in [4.78, 5) is 20.3. The molecule has 0 unspecified atom stereocenters. The predicted octanol–water partition coefficient (Wildman–Crippen LogP) is 4.88. The third-order valence-electron chi connectivity index (χ3n) is 4.59. The molecule has 4 aromatic rings. The number of nitrogens with one attached hydrogen (secondary N) is 2. The van der Waals surface area contributed by atoms with Gasteiger partial charge in [-0.05, 0) is 42.6 Å². The minimum atomic E-state index is -0.354. The van der Waals surface area contributed by atoms with Gasteiger partial charge in [-0.1, -0.05) is 36.4 Å². The van der Waals surface area contributed by atoms with E-state index in [0.717, 1.165) is 22.1 Å². The molecule has 0 bridgehead atoms. The van der Waals surface area contributed by atoms with Crippen LogP contribution in [0.4, 0.5) is 28.7 Å². The van der Waals surface area contributed by atoms with E-state index < -0.39 is 0 Å². The average molecular weight is 399 g/mol. The molecule has 0 radical (unpaired) electrons. The number of nitrogens with zero attached hydrogens (tertiary/aromatic N) is 2. The summed E-state index contributed by atoms with van der Waals surface area (Å²) in [5, 5.41) is 8.66. The molecule has 0 atom stereocenters. The first-order valence-corrected chi connectivity index (χ1v) is 9.55. The number of benzene rings is 3. The normalized spacial score (nSPS) is 10.6. The molecule has 0 saturated carbocycles. The number of nitrogen functional groups attached to an aromatic ring is 1. The van der Waals surface area contributed by atoms with Crippen LogP contribution in [-0.4, -0.2) is 22.5 Å². The van der Waals surface area contributed by atoms with Crippen LogP contribution in [0, 0.1) is 0 Å². The van der Waals surface area contributed by atoms with Crippen molar-refractivity contribution in [2.24, 2.45) is 0 Å². The van der Waals surface area contributed by atoms with Gasteiger partial charge in [0.25, 0.3) is 0 Å². The fraction of sp³-hybridized carbons (Fsp3) is 0.0870. The van der Waals surface area contributed by atoms with Crippen molar-refractivity contribution in [2.45, 2.75) is 6.92 Å². The van der Waals surface area contributed by atoms with E-state index in [2.05, 4.69) is 32.7 Å². The van der Waals surface area contributed by atoms with Crippen LogP contribution in [0.25, 0.3) is 10.8 Å². The second-order valence-corrected chi connectivity index (χ2v) is 6.56. The zero-order valence-corrected chi connectivity index (χ0v) is 16.4. The van der Waals surface area contributed by atoms with Gasteiger partial charge in [-0.15, -0.1) is 0 Å². The fourth-order valence-electron chi connectivity index (χ4n) is 3.10. The Bertz CT molecular complexity index is 1190. The molecule has 3 aromatic carbocycles. The molecule has 0 fully saturated rings.